The molecule has 3 rings (SSSR count). The number of aliphatic imine (C=N–C) groups is 1. The maximum atomic E-state index is 13.5. The fraction of sp³-hybridized carbons (Fsp3) is 0.217. The molecule has 0 unspecified atom stereocenters. The van der Waals surface area contributed by atoms with E-state index < -0.39 is 0 Å². The number of methoxy groups -OCH3 is 2. The Hall–Kier alpha value is -3.08. The van der Waals surface area contributed by atoms with E-state index >= 15 is 0 Å². The van der Waals surface area contributed by atoms with Gasteiger partial charge in [-0.25, -0.2) is 14.4 Å². The van der Waals surface area contributed by atoms with Crippen LogP contribution in [-0.4, -0.2) is 31.7 Å². The second-order valence-electron chi connectivity index (χ2n) is 6.42. The molecule has 2 N–H and O–H groups in total. The Morgan fingerprint density at radius 3 is 2.56 bits per heavy atom. The van der Waals surface area contributed by atoms with Crippen molar-refractivity contribution in [2.75, 3.05) is 26.1 Å². The minimum absolute atomic E-state index is 0. The first-order valence-electron chi connectivity index (χ1n) is 9.77. The lowest BCUT2D eigenvalue weighted by Crippen LogP contribution is -2.30. The molecule has 0 atom stereocenters. The van der Waals surface area contributed by atoms with Crippen LogP contribution in [-0.2, 0) is 6.54 Å². The van der Waals surface area contributed by atoms with E-state index in [1.54, 1.807) is 38.6 Å². The van der Waals surface area contributed by atoms with Gasteiger partial charge in [-0.1, -0.05) is 12.1 Å². The normalized spacial score (nSPS) is 10.7. The Kier molecular flexibility index (Phi) is 9.99. The standard InChI is InChI=1S/C23H25FN4O3.HI/c1-4-25-23(28-18-10-11-20(29-2)21(14-18)30-3)27-15-16-7-6-12-26-22(16)31-19-9-5-8-17(24)13-19;/h5-14H,4,15H2,1-3H3,(H2,25,27,28);1H. The minimum atomic E-state index is -0.374. The van der Waals surface area contributed by atoms with Crippen LogP contribution in [0, 0.1) is 5.82 Å². The molecule has 0 aliphatic heterocycles. The van der Waals surface area contributed by atoms with E-state index in [1.807, 2.05) is 31.2 Å². The van der Waals surface area contributed by atoms with Gasteiger partial charge in [-0.05, 0) is 37.3 Å². The summed E-state index contributed by atoms with van der Waals surface area (Å²) in [6.45, 7) is 2.97. The molecule has 0 saturated carbocycles. The summed E-state index contributed by atoms with van der Waals surface area (Å²) in [7, 11) is 3.18. The van der Waals surface area contributed by atoms with Gasteiger partial charge in [0, 0.05) is 36.1 Å². The van der Waals surface area contributed by atoms with Crippen molar-refractivity contribution in [2.24, 2.45) is 4.99 Å². The summed E-state index contributed by atoms with van der Waals surface area (Å²) in [6.07, 6.45) is 1.62. The predicted molar refractivity (Wildman–Crippen MR) is 134 cm³/mol. The van der Waals surface area contributed by atoms with Crippen molar-refractivity contribution in [3.63, 3.8) is 0 Å². The molecule has 0 spiro atoms. The lowest BCUT2D eigenvalue weighted by Gasteiger charge is -2.14. The molecule has 170 valence electrons. The molecule has 3 aromatic rings. The van der Waals surface area contributed by atoms with Gasteiger partial charge in [0.25, 0.3) is 0 Å². The van der Waals surface area contributed by atoms with Gasteiger partial charge in [0.1, 0.15) is 11.6 Å². The summed E-state index contributed by atoms with van der Waals surface area (Å²) in [5.74, 6) is 2.21. The Morgan fingerprint density at radius 2 is 1.84 bits per heavy atom. The van der Waals surface area contributed by atoms with E-state index in [0.29, 0.717) is 42.2 Å². The first-order chi connectivity index (χ1) is 15.1. The van der Waals surface area contributed by atoms with Gasteiger partial charge in [0.15, 0.2) is 17.5 Å². The molecule has 0 aliphatic carbocycles. The molecule has 0 saturated heterocycles. The highest BCUT2D eigenvalue weighted by Gasteiger charge is 2.09. The van der Waals surface area contributed by atoms with Crippen LogP contribution in [0.2, 0.25) is 0 Å². The first-order valence-corrected chi connectivity index (χ1v) is 9.77. The van der Waals surface area contributed by atoms with Crippen LogP contribution in [0.1, 0.15) is 12.5 Å². The molecule has 0 bridgehead atoms. The Balaban J connectivity index is 0.00000363. The van der Waals surface area contributed by atoms with Crippen LogP contribution in [0.3, 0.4) is 0 Å². The van der Waals surface area contributed by atoms with Crippen LogP contribution in [0.5, 0.6) is 23.1 Å². The molecule has 0 radical (unpaired) electrons. The number of pyridine rings is 1. The summed E-state index contributed by atoms with van der Waals surface area (Å²) in [5.41, 5.74) is 1.55. The highest BCUT2D eigenvalue weighted by atomic mass is 127. The number of hydrogen-bond acceptors (Lipinski definition) is 5. The maximum Gasteiger partial charge on any atom is 0.224 e. The van der Waals surface area contributed by atoms with Crippen LogP contribution in [0.15, 0.2) is 65.8 Å². The van der Waals surface area contributed by atoms with Gasteiger partial charge in [0.2, 0.25) is 5.88 Å². The SMILES string of the molecule is CCNC(=NCc1cccnc1Oc1cccc(F)c1)Nc1ccc(OC)c(OC)c1.I. The number of aromatic nitrogens is 1. The van der Waals surface area contributed by atoms with E-state index in [-0.39, 0.29) is 29.8 Å². The van der Waals surface area contributed by atoms with Crippen LogP contribution < -0.4 is 24.8 Å². The zero-order valence-corrected chi connectivity index (χ0v) is 20.4. The monoisotopic (exact) mass is 552 g/mol. The quantitative estimate of drug-likeness (QED) is 0.227. The molecule has 2 aromatic carbocycles. The van der Waals surface area contributed by atoms with E-state index in [2.05, 4.69) is 20.6 Å². The molecular weight excluding hydrogens is 526 g/mol. The zero-order valence-electron chi connectivity index (χ0n) is 18.1. The number of anilines is 1. The number of hydrogen-bond donors (Lipinski definition) is 2. The molecule has 0 fully saturated rings. The average Bonchev–Trinajstić information content (AvgIpc) is 2.78. The molecule has 0 amide bonds. The van der Waals surface area contributed by atoms with Crippen molar-refractivity contribution in [1.82, 2.24) is 10.3 Å². The van der Waals surface area contributed by atoms with Crippen LogP contribution >= 0.6 is 24.0 Å². The smallest absolute Gasteiger partial charge is 0.224 e. The van der Waals surface area contributed by atoms with E-state index in [4.69, 9.17) is 14.2 Å². The highest BCUT2D eigenvalue weighted by molar-refractivity contribution is 14.0. The summed E-state index contributed by atoms with van der Waals surface area (Å²) >= 11 is 0. The third-order valence-electron chi connectivity index (χ3n) is 4.26. The molecular formula is C23H26FIN4O3. The highest BCUT2D eigenvalue weighted by Crippen LogP contribution is 2.30. The van der Waals surface area contributed by atoms with Gasteiger partial charge in [-0.15, -0.1) is 24.0 Å². The second kappa shape index (κ2) is 12.7. The van der Waals surface area contributed by atoms with Crippen LogP contribution in [0.4, 0.5) is 10.1 Å². The van der Waals surface area contributed by atoms with Gasteiger partial charge in [-0.3, -0.25) is 0 Å². The number of nitrogens with zero attached hydrogens (tertiary/aromatic N) is 2. The second-order valence-corrected chi connectivity index (χ2v) is 6.42. The van der Waals surface area contributed by atoms with Crippen molar-refractivity contribution in [1.29, 1.82) is 0 Å². The van der Waals surface area contributed by atoms with E-state index in [9.17, 15) is 4.39 Å². The van der Waals surface area contributed by atoms with Gasteiger partial charge in [-0.2, -0.15) is 0 Å². The van der Waals surface area contributed by atoms with Gasteiger partial charge < -0.3 is 24.8 Å². The zero-order chi connectivity index (χ0) is 22.1. The first kappa shape index (κ1) is 25.2. The van der Waals surface area contributed by atoms with E-state index in [0.717, 1.165) is 11.3 Å². The summed E-state index contributed by atoms with van der Waals surface area (Å²) in [4.78, 5) is 8.89. The molecule has 1 heterocycles. The van der Waals surface area contributed by atoms with E-state index in [1.165, 1.54) is 12.1 Å². The van der Waals surface area contributed by atoms with Crippen molar-refractivity contribution in [2.45, 2.75) is 13.5 Å². The predicted octanol–water partition coefficient (Wildman–Crippen LogP) is 5.23. The third kappa shape index (κ3) is 6.98. The summed E-state index contributed by atoms with van der Waals surface area (Å²) < 4.78 is 29.9. The van der Waals surface area contributed by atoms with Crippen molar-refractivity contribution in [3.8, 4) is 23.1 Å². The molecule has 1 aromatic heterocycles. The van der Waals surface area contributed by atoms with Crippen molar-refractivity contribution in [3.05, 3.63) is 72.2 Å². The minimum Gasteiger partial charge on any atom is -0.493 e. The van der Waals surface area contributed by atoms with Crippen LogP contribution in [0.25, 0.3) is 0 Å². The van der Waals surface area contributed by atoms with Crippen molar-refractivity contribution >= 4 is 35.6 Å². The molecule has 7 nitrogen and oxygen atoms in total. The fourth-order valence-electron chi connectivity index (χ4n) is 2.80. The molecule has 0 aliphatic rings. The Bertz CT molecular complexity index is 1050. The Morgan fingerprint density at radius 1 is 1.03 bits per heavy atom. The third-order valence-corrected chi connectivity index (χ3v) is 4.26. The molecule has 9 heteroatoms. The number of rotatable bonds is 8. The lowest BCUT2D eigenvalue weighted by molar-refractivity contribution is 0.355. The number of nitrogens with one attached hydrogen (secondary N) is 2. The average molecular weight is 552 g/mol. The number of halogens is 2. The number of benzene rings is 2. The summed E-state index contributed by atoms with van der Waals surface area (Å²) in [6, 6.07) is 15.1. The largest absolute Gasteiger partial charge is 0.493 e. The topological polar surface area (TPSA) is 77.0 Å². The lowest BCUT2D eigenvalue weighted by atomic mass is 10.2. The number of ether oxygens (including phenoxy) is 3. The van der Waals surface area contributed by atoms with Crippen molar-refractivity contribution < 1.29 is 18.6 Å². The van der Waals surface area contributed by atoms with Gasteiger partial charge >= 0.3 is 0 Å². The summed E-state index contributed by atoms with van der Waals surface area (Å²) in [5, 5.41) is 6.45. The number of guanidine groups is 1. The van der Waals surface area contributed by atoms with Gasteiger partial charge in [0.05, 0.1) is 20.8 Å². The fourth-order valence-corrected chi connectivity index (χ4v) is 2.80. The molecule has 32 heavy (non-hydrogen) atoms. The maximum absolute atomic E-state index is 13.5. The Labute approximate surface area is 204 Å².